The Morgan fingerprint density at radius 2 is 2.15 bits per heavy atom. The van der Waals surface area contributed by atoms with Gasteiger partial charge in [-0.1, -0.05) is 34.1 Å². The first kappa shape index (κ1) is 10.5. The van der Waals surface area contributed by atoms with E-state index in [0.29, 0.717) is 5.11 Å². The summed E-state index contributed by atoms with van der Waals surface area (Å²) in [7, 11) is 1.80. The highest BCUT2D eigenvalue weighted by Gasteiger charge is 1.97. The Morgan fingerprint density at radius 3 is 2.77 bits per heavy atom. The van der Waals surface area contributed by atoms with Crippen LogP contribution in [0.2, 0.25) is 0 Å². The standard InChI is InChI=1S/C9H11BrN2S/c1-11-9(13)12-6-7-4-2-3-5-8(7)10/h2-5H,6H2,1H3,(H2,11,12,13). The maximum Gasteiger partial charge on any atom is 0.166 e. The zero-order valence-electron chi connectivity index (χ0n) is 7.30. The lowest BCUT2D eigenvalue weighted by atomic mass is 10.2. The molecule has 13 heavy (non-hydrogen) atoms. The molecule has 0 atom stereocenters. The molecule has 0 heterocycles. The fourth-order valence-electron chi connectivity index (χ4n) is 0.906. The van der Waals surface area contributed by atoms with Gasteiger partial charge in [0.25, 0.3) is 0 Å². The van der Waals surface area contributed by atoms with Crippen LogP contribution in [0.25, 0.3) is 0 Å². The lowest BCUT2D eigenvalue weighted by Gasteiger charge is -2.07. The molecule has 0 bridgehead atoms. The smallest absolute Gasteiger partial charge is 0.166 e. The van der Waals surface area contributed by atoms with Crippen LogP contribution in [0.5, 0.6) is 0 Å². The molecule has 1 rings (SSSR count). The van der Waals surface area contributed by atoms with Gasteiger partial charge in [0.2, 0.25) is 0 Å². The molecule has 0 aromatic heterocycles. The molecule has 0 radical (unpaired) electrons. The molecule has 2 N–H and O–H groups in total. The zero-order valence-corrected chi connectivity index (χ0v) is 9.71. The Kier molecular flexibility index (Phi) is 4.18. The summed E-state index contributed by atoms with van der Waals surface area (Å²) in [5, 5.41) is 6.60. The fraction of sp³-hybridized carbons (Fsp3) is 0.222. The molecule has 0 amide bonds. The average molecular weight is 259 g/mol. The Morgan fingerprint density at radius 1 is 1.46 bits per heavy atom. The van der Waals surface area contributed by atoms with Gasteiger partial charge in [0.1, 0.15) is 0 Å². The molecule has 0 aliphatic carbocycles. The summed E-state index contributed by atoms with van der Waals surface area (Å²) in [6.07, 6.45) is 0. The number of hydrogen-bond donors (Lipinski definition) is 2. The largest absolute Gasteiger partial charge is 0.366 e. The Balaban J connectivity index is 2.54. The van der Waals surface area contributed by atoms with Gasteiger partial charge < -0.3 is 10.6 Å². The Bertz CT molecular complexity index is 301. The molecule has 0 spiro atoms. The van der Waals surface area contributed by atoms with E-state index in [0.717, 1.165) is 11.0 Å². The molecule has 4 heteroatoms. The van der Waals surface area contributed by atoms with E-state index < -0.39 is 0 Å². The predicted octanol–water partition coefficient (Wildman–Crippen LogP) is 2.04. The van der Waals surface area contributed by atoms with Gasteiger partial charge in [-0.05, 0) is 23.8 Å². The summed E-state index contributed by atoms with van der Waals surface area (Å²) >= 11 is 8.42. The molecular weight excluding hydrogens is 248 g/mol. The first-order valence-corrected chi connectivity index (χ1v) is 5.13. The van der Waals surface area contributed by atoms with Gasteiger partial charge in [0.05, 0.1) is 0 Å². The van der Waals surface area contributed by atoms with Crippen molar-refractivity contribution in [3.05, 3.63) is 34.3 Å². The lowest BCUT2D eigenvalue weighted by molar-refractivity contribution is 0.886. The highest BCUT2D eigenvalue weighted by atomic mass is 79.9. The van der Waals surface area contributed by atoms with Gasteiger partial charge in [0.15, 0.2) is 5.11 Å². The van der Waals surface area contributed by atoms with Crippen molar-refractivity contribution in [1.29, 1.82) is 0 Å². The van der Waals surface area contributed by atoms with Crippen molar-refractivity contribution in [2.24, 2.45) is 0 Å². The van der Waals surface area contributed by atoms with Crippen LogP contribution in [0.3, 0.4) is 0 Å². The van der Waals surface area contributed by atoms with E-state index >= 15 is 0 Å². The van der Waals surface area contributed by atoms with Crippen LogP contribution in [0.1, 0.15) is 5.56 Å². The van der Waals surface area contributed by atoms with Crippen molar-refractivity contribution in [2.75, 3.05) is 7.05 Å². The number of thiocarbonyl (C=S) groups is 1. The molecule has 2 nitrogen and oxygen atoms in total. The number of hydrogen-bond acceptors (Lipinski definition) is 1. The predicted molar refractivity (Wildman–Crippen MR) is 62.6 cm³/mol. The van der Waals surface area contributed by atoms with Gasteiger partial charge in [-0.2, -0.15) is 0 Å². The van der Waals surface area contributed by atoms with Crippen molar-refractivity contribution in [3.8, 4) is 0 Å². The van der Waals surface area contributed by atoms with Crippen molar-refractivity contribution in [3.63, 3.8) is 0 Å². The van der Waals surface area contributed by atoms with Gasteiger partial charge >= 0.3 is 0 Å². The topological polar surface area (TPSA) is 24.1 Å². The second-order valence-corrected chi connectivity index (χ2v) is 3.79. The maximum absolute atomic E-state index is 4.96. The third-order valence-electron chi connectivity index (χ3n) is 1.62. The van der Waals surface area contributed by atoms with E-state index in [1.165, 1.54) is 5.56 Å². The van der Waals surface area contributed by atoms with Crippen molar-refractivity contribution >= 4 is 33.3 Å². The average Bonchev–Trinajstić information content (AvgIpc) is 2.16. The molecule has 1 aromatic rings. The third-order valence-corrected chi connectivity index (χ3v) is 2.75. The van der Waals surface area contributed by atoms with Crippen molar-refractivity contribution < 1.29 is 0 Å². The first-order chi connectivity index (χ1) is 6.24. The fourth-order valence-corrected chi connectivity index (χ4v) is 1.40. The Labute approximate surface area is 91.9 Å². The molecule has 0 saturated carbocycles. The number of nitrogens with one attached hydrogen (secondary N) is 2. The van der Waals surface area contributed by atoms with Crippen molar-refractivity contribution in [1.82, 2.24) is 10.6 Å². The van der Waals surface area contributed by atoms with Crippen LogP contribution < -0.4 is 10.6 Å². The summed E-state index contributed by atoms with van der Waals surface area (Å²) in [5.74, 6) is 0. The highest BCUT2D eigenvalue weighted by molar-refractivity contribution is 9.10. The summed E-state index contributed by atoms with van der Waals surface area (Å²) in [6, 6.07) is 8.06. The zero-order chi connectivity index (χ0) is 9.68. The second-order valence-electron chi connectivity index (χ2n) is 2.52. The molecule has 0 aliphatic rings. The highest BCUT2D eigenvalue weighted by Crippen LogP contribution is 2.14. The van der Waals surface area contributed by atoms with Crippen LogP contribution >= 0.6 is 28.1 Å². The van der Waals surface area contributed by atoms with Gasteiger partial charge in [-0.25, -0.2) is 0 Å². The second kappa shape index (κ2) is 5.19. The normalized spacial score (nSPS) is 9.38. The maximum atomic E-state index is 4.96. The molecule has 0 fully saturated rings. The molecule has 1 aromatic carbocycles. The third kappa shape index (κ3) is 3.32. The Hall–Kier alpha value is -0.610. The van der Waals surface area contributed by atoms with E-state index in [-0.39, 0.29) is 0 Å². The van der Waals surface area contributed by atoms with Gasteiger partial charge in [-0.3, -0.25) is 0 Å². The first-order valence-electron chi connectivity index (χ1n) is 3.93. The molecule has 0 aliphatic heterocycles. The van der Waals surface area contributed by atoms with Crippen LogP contribution in [0.4, 0.5) is 0 Å². The minimum absolute atomic E-state index is 0.663. The van der Waals surface area contributed by atoms with Crippen molar-refractivity contribution in [2.45, 2.75) is 6.54 Å². The quantitative estimate of drug-likeness (QED) is 0.795. The van der Waals surface area contributed by atoms with Crippen LogP contribution in [0, 0.1) is 0 Å². The van der Waals surface area contributed by atoms with E-state index in [1.54, 1.807) is 7.05 Å². The lowest BCUT2D eigenvalue weighted by Crippen LogP contribution is -2.31. The minimum Gasteiger partial charge on any atom is -0.366 e. The summed E-state index contributed by atoms with van der Waals surface area (Å²) < 4.78 is 1.10. The molecule has 0 saturated heterocycles. The minimum atomic E-state index is 0.663. The summed E-state index contributed by atoms with van der Waals surface area (Å²) in [4.78, 5) is 0. The molecule has 70 valence electrons. The molecular formula is C9H11BrN2S. The number of benzene rings is 1. The van der Waals surface area contributed by atoms with E-state index in [4.69, 9.17) is 12.2 Å². The van der Waals surface area contributed by atoms with Gasteiger partial charge in [0, 0.05) is 18.1 Å². The van der Waals surface area contributed by atoms with Crippen LogP contribution in [-0.2, 0) is 6.54 Å². The van der Waals surface area contributed by atoms with E-state index in [9.17, 15) is 0 Å². The SMILES string of the molecule is CNC(=S)NCc1ccccc1Br. The molecule has 0 unspecified atom stereocenters. The number of halogens is 1. The van der Waals surface area contributed by atoms with Gasteiger partial charge in [-0.15, -0.1) is 0 Å². The number of rotatable bonds is 2. The van der Waals surface area contributed by atoms with E-state index in [2.05, 4.69) is 32.6 Å². The monoisotopic (exact) mass is 258 g/mol. The van der Waals surface area contributed by atoms with Crippen LogP contribution in [0.15, 0.2) is 28.7 Å². The van der Waals surface area contributed by atoms with Crippen LogP contribution in [-0.4, -0.2) is 12.2 Å². The summed E-state index contributed by atoms with van der Waals surface area (Å²) in [5.41, 5.74) is 1.19. The summed E-state index contributed by atoms with van der Waals surface area (Å²) in [6.45, 7) is 0.737. The van der Waals surface area contributed by atoms with E-state index in [1.807, 2.05) is 18.2 Å².